The standard InChI is InChI=1S/C49H41N3/c1-5-13-35(14-6-2)37-23-25-42(26-24-37)47-50-46(41-17-11-8-12-18-41)51-48(52-47)43-29-33-45(34-30-43)49(3,4)44-31-27-40(28-32-44)39-21-19-38(20-22-39)36-15-9-7-10-16-36/h5-34H,1H2,2-4H3/b14-6-,35-13+. The largest absolute Gasteiger partial charge is 0.208 e. The van der Waals surface area contributed by atoms with Crippen LogP contribution in [0.5, 0.6) is 0 Å². The molecule has 0 fully saturated rings. The molecule has 0 aliphatic carbocycles. The molecule has 252 valence electrons. The first-order valence-electron chi connectivity index (χ1n) is 17.7. The quantitative estimate of drug-likeness (QED) is 0.136. The highest BCUT2D eigenvalue weighted by Gasteiger charge is 2.23. The summed E-state index contributed by atoms with van der Waals surface area (Å²) in [5, 5.41) is 0. The fourth-order valence-corrected chi connectivity index (χ4v) is 6.48. The van der Waals surface area contributed by atoms with Gasteiger partial charge in [-0.15, -0.1) is 0 Å². The smallest absolute Gasteiger partial charge is 0.164 e. The Kier molecular flexibility index (Phi) is 9.95. The van der Waals surface area contributed by atoms with Crippen LogP contribution in [0.2, 0.25) is 0 Å². The summed E-state index contributed by atoms with van der Waals surface area (Å²) in [6.45, 7) is 10.4. The maximum Gasteiger partial charge on any atom is 0.164 e. The minimum atomic E-state index is -0.207. The van der Waals surface area contributed by atoms with E-state index in [-0.39, 0.29) is 5.41 Å². The lowest BCUT2D eigenvalue weighted by atomic mass is 9.77. The van der Waals surface area contributed by atoms with Crippen LogP contribution in [0.15, 0.2) is 189 Å². The van der Waals surface area contributed by atoms with Crippen LogP contribution in [0, 0.1) is 0 Å². The minimum absolute atomic E-state index is 0.207. The zero-order valence-corrected chi connectivity index (χ0v) is 29.9. The SMILES string of the molecule is C=C/C=C(\C=C/C)c1ccc(-c2nc(-c3ccccc3)nc(-c3ccc(C(C)(C)c4ccc(-c5ccc(-c6ccccc6)cc5)cc4)cc3)n2)cc1. The molecule has 0 bridgehead atoms. The Morgan fingerprint density at radius 3 is 1.23 bits per heavy atom. The predicted molar refractivity (Wildman–Crippen MR) is 219 cm³/mol. The number of hydrogen-bond donors (Lipinski definition) is 0. The van der Waals surface area contributed by atoms with Crippen molar-refractivity contribution in [1.29, 1.82) is 0 Å². The highest BCUT2D eigenvalue weighted by molar-refractivity contribution is 5.77. The number of benzene rings is 6. The summed E-state index contributed by atoms with van der Waals surface area (Å²) in [6.07, 6.45) is 7.93. The Bertz CT molecular complexity index is 2330. The van der Waals surface area contributed by atoms with Crippen molar-refractivity contribution in [3.8, 4) is 56.4 Å². The average molecular weight is 672 g/mol. The van der Waals surface area contributed by atoms with Gasteiger partial charge in [0.05, 0.1) is 0 Å². The van der Waals surface area contributed by atoms with E-state index in [9.17, 15) is 0 Å². The third-order valence-corrected chi connectivity index (χ3v) is 9.58. The highest BCUT2D eigenvalue weighted by Crippen LogP contribution is 2.35. The Hall–Kier alpha value is -6.45. The molecule has 0 N–H and O–H groups in total. The molecular weight excluding hydrogens is 631 g/mol. The van der Waals surface area contributed by atoms with Gasteiger partial charge >= 0.3 is 0 Å². The van der Waals surface area contributed by atoms with E-state index < -0.39 is 0 Å². The van der Waals surface area contributed by atoms with Crippen LogP contribution in [0.4, 0.5) is 0 Å². The highest BCUT2D eigenvalue weighted by atomic mass is 15.0. The average Bonchev–Trinajstić information content (AvgIpc) is 3.21. The van der Waals surface area contributed by atoms with Crippen molar-refractivity contribution in [2.24, 2.45) is 0 Å². The van der Waals surface area contributed by atoms with E-state index in [1.54, 1.807) is 0 Å². The van der Waals surface area contributed by atoms with Crippen molar-refractivity contribution in [2.45, 2.75) is 26.2 Å². The lowest BCUT2D eigenvalue weighted by molar-refractivity contribution is 0.641. The second kappa shape index (κ2) is 15.2. The topological polar surface area (TPSA) is 38.7 Å². The molecule has 0 atom stereocenters. The molecule has 1 aromatic heterocycles. The summed E-state index contributed by atoms with van der Waals surface area (Å²) in [4.78, 5) is 14.9. The first-order valence-corrected chi connectivity index (χ1v) is 17.7. The van der Waals surface area contributed by atoms with Gasteiger partial charge in [0.2, 0.25) is 0 Å². The van der Waals surface area contributed by atoms with E-state index in [2.05, 4.69) is 148 Å². The van der Waals surface area contributed by atoms with E-state index >= 15 is 0 Å². The van der Waals surface area contributed by atoms with Gasteiger partial charge in [-0.05, 0) is 51.4 Å². The second-order valence-electron chi connectivity index (χ2n) is 13.3. The summed E-state index contributed by atoms with van der Waals surface area (Å²) in [5.74, 6) is 1.92. The Balaban J connectivity index is 1.16. The third kappa shape index (κ3) is 7.35. The number of rotatable bonds is 10. The van der Waals surface area contributed by atoms with Crippen molar-refractivity contribution < 1.29 is 0 Å². The molecule has 0 radical (unpaired) electrons. The summed E-state index contributed by atoms with van der Waals surface area (Å²) < 4.78 is 0. The number of aromatic nitrogens is 3. The van der Waals surface area contributed by atoms with Gasteiger partial charge in [0.1, 0.15) is 0 Å². The van der Waals surface area contributed by atoms with Crippen molar-refractivity contribution in [3.63, 3.8) is 0 Å². The van der Waals surface area contributed by atoms with Crippen LogP contribution in [0.3, 0.4) is 0 Å². The molecule has 7 rings (SSSR count). The maximum absolute atomic E-state index is 4.99. The van der Waals surface area contributed by atoms with Crippen LogP contribution in [-0.4, -0.2) is 15.0 Å². The first-order chi connectivity index (χ1) is 25.4. The van der Waals surface area contributed by atoms with Gasteiger partial charge in [0.25, 0.3) is 0 Å². The Morgan fingerprint density at radius 2 is 0.808 bits per heavy atom. The van der Waals surface area contributed by atoms with E-state index in [0.717, 1.165) is 27.8 Å². The zero-order chi connectivity index (χ0) is 35.9. The third-order valence-electron chi connectivity index (χ3n) is 9.58. The molecule has 52 heavy (non-hydrogen) atoms. The summed E-state index contributed by atoms with van der Waals surface area (Å²) >= 11 is 0. The monoisotopic (exact) mass is 671 g/mol. The molecule has 1 heterocycles. The van der Waals surface area contributed by atoms with Crippen LogP contribution in [0.1, 0.15) is 37.5 Å². The maximum atomic E-state index is 4.99. The lowest BCUT2D eigenvalue weighted by Crippen LogP contribution is -2.18. The van der Waals surface area contributed by atoms with Gasteiger partial charge in [-0.3, -0.25) is 0 Å². The molecule has 0 amide bonds. The van der Waals surface area contributed by atoms with Crippen LogP contribution < -0.4 is 0 Å². The van der Waals surface area contributed by atoms with E-state index in [1.165, 1.54) is 33.4 Å². The normalized spacial score (nSPS) is 11.9. The molecule has 7 aromatic rings. The Morgan fingerprint density at radius 1 is 0.462 bits per heavy atom. The van der Waals surface area contributed by atoms with E-state index in [0.29, 0.717) is 17.5 Å². The van der Waals surface area contributed by atoms with Gasteiger partial charge in [0.15, 0.2) is 17.5 Å². The predicted octanol–water partition coefficient (Wildman–Crippen LogP) is 12.7. The summed E-state index contributed by atoms with van der Waals surface area (Å²) in [7, 11) is 0. The number of nitrogens with zero attached hydrogens (tertiary/aromatic N) is 3. The number of hydrogen-bond acceptors (Lipinski definition) is 3. The molecule has 0 saturated heterocycles. The van der Waals surface area contributed by atoms with Gasteiger partial charge in [-0.1, -0.05) is 202 Å². The minimum Gasteiger partial charge on any atom is -0.208 e. The van der Waals surface area contributed by atoms with Crippen molar-refractivity contribution in [2.75, 3.05) is 0 Å². The van der Waals surface area contributed by atoms with Crippen LogP contribution >= 0.6 is 0 Å². The second-order valence-corrected chi connectivity index (χ2v) is 13.3. The van der Waals surface area contributed by atoms with Crippen molar-refractivity contribution in [3.05, 3.63) is 205 Å². The number of allylic oxidation sites excluding steroid dienone is 5. The summed E-state index contributed by atoms with van der Waals surface area (Å²) in [6, 6.07) is 55.3. The van der Waals surface area contributed by atoms with Crippen LogP contribution in [0.25, 0.3) is 62.0 Å². The molecule has 0 aliphatic rings. The van der Waals surface area contributed by atoms with E-state index in [4.69, 9.17) is 15.0 Å². The molecule has 0 unspecified atom stereocenters. The van der Waals surface area contributed by atoms with Gasteiger partial charge in [-0.2, -0.15) is 0 Å². The molecule has 0 spiro atoms. The zero-order valence-electron chi connectivity index (χ0n) is 29.9. The van der Waals surface area contributed by atoms with Gasteiger partial charge in [-0.25, -0.2) is 15.0 Å². The fraction of sp³-hybridized carbons (Fsp3) is 0.0816. The van der Waals surface area contributed by atoms with Crippen LogP contribution in [-0.2, 0) is 5.41 Å². The molecule has 3 nitrogen and oxygen atoms in total. The molecule has 6 aromatic carbocycles. The van der Waals surface area contributed by atoms with Crippen molar-refractivity contribution in [1.82, 2.24) is 15.0 Å². The van der Waals surface area contributed by atoms with Crippen molar-refractivity contribution >= 4 is 5.57 Å². The fourth-order valence-electron chi connectivity index (χ4n) is 6.48. The lowest BCUT2D eigenvalue weighted by Gasteiger charge is -2.26. The van der Waals surface area contributed by atoms with Gasteiger partial charge < -0.3 is 0 Å². The van der Waals surface area contributed by atoms with E-state index in [1.807, 2.05) is 61.5 Å². The summed E-state index contributed by atoms with van der Waals surface area (Å²) in [5.41, 5.74) is 12.1. The first kappa shape index (κ1) is 34.0. The molecule has 0 aliphatic heterocycles. The Labute approximate surface area is 307 Å². The molecular formula is C49H41N3. The molecule has 0 saturated carbocycles. The van der Waals surface area contributed by atoms with Gasteiger partial charge in [0, 0.05) is 22.1 Å². The molecule has 3 heteroatoms.